The fourth-order valence-electron chi connectivity index (χ4n) is 4.65. The summed E-state index contributed by atoms with van der Waals surface area (Å²) in [7, 11) is 0. The van der Waals surface area contributed by atoms with Crippen LogP contribution in [0.15, 0.2) is 54.9 Å². The molecule has 0 saturated heterocycles. The number of benzene rings is 2. The molecule has 2 aromatic carbocycles. The van der Waals surface area contributed by atoms with Gasteiger partial charge in [0.05, 0.1) is 11.1 Å². The molecule has 2 aromatic heterocycles. The quantitative estimate of drug-likeness (QED) is 0.458. The van der Waals surface area contributed by atoms with Crippen molar-refractivity contribution in [2.24, 2.45) is 0 Å². The fraction of sp³-hybridized carbons (Fsp3) is 0.250. The first-order chi connectivity index (χ1) is 14.7. The van der Waals surface area contributed by atoms with Crippen molar-refractivity contribution in [2.45, 2.75) is 31.2 Å². The summed E-state index contributed by atoms with van der Waals surface area (Å²) in [4.78, 5) is 14.7. The summed E-state index contributed by atoms with van der Waals surface area (Å²) >= 11 is 6.10. The molecule has 6 heteroatoms. The molecule has 2 aliphatic rings. The molecular formula is C24H20ClFN4. The van der Waals surface area contributed by atoms with Crippen molar-refractivity contribution < 1.29 is 4.39 Å². The molecule has 1 aliphatic heterocycles. The normalized spacial score (nSPS) is 18.6. The predicted molar refractivity (Wildman–Crippen MR) is 117 cm³/mol. The minimum Gasteiger partial charge on any atom is -0.356 e. The summed E-state index contributed by atoms with van der Waals surface area (Å²) in [5.74, 6) is 1.01. The Labute approximate surface area is 178 Å². The van der Waals surface area contributed by atoms with E-state index in [4.69, 9.17) is 11.6 Å². The van der Waals surface area contributed by atoms with Crippen LogP contribution in [0, 0.1) is 5.82 Å². The SMILES string of the molecule is Fc1cc2[nH]c3c(c2cc1Cl)CCN(c1ncccn1)C3c1ccc(C2CC2)cc1. The lowest BCUT2D eigenvalue weighted by molar-refractivity contribution is 0.626. The van der Waals surface area contributed by atoms with E-state index >= 15 is 0 Å². The van der Waals surface area contributed by atoms with Crippen molar-refractivity contribution in [3.8, 4) is 0 Å². The standard InChI is InChI=1S/C24H20ClFN4/c25-19-12-18-17-8-11-30(24-27-9-1-10-28-24)23(22(17)29-21(18)13-20(19)26)16-6-4-15(5-7-16)14-2-3-14/h1,4-7,9-10,12-14,23,29H,2-3,8,11H2. The van der Waals surface area contributed by atoms with Gasteiger partial charge in [0.25, 0.3) is 0 Å². The molecule has 1 unspecified atom stereocenters. The molecule has 1 atom stereocenters. The summed E-state index contributed by atoms with van der Waals surface area (Å²) in [6.45, 7) is 0.772. The summed E-state index contributed by atoms with van der Waals surface area (Å²) < 4.78 is 14.1. The Hall–Kier alpha value is -2.92. The maximum atomic E-state index is 14.1. The van der Waals surface area contributed by atoms with Gasteiger partial charge in [0, 0.05) is 35.5 Å². The molecule has 3 heterocycles. The van der Waals surface area contributed by atoms with Gasteiger partial charge in [0.2, 0.25) is 5.95 Å². The monoisotopic (exact) mass is 418 g/mol. The first-order valence-electron chi connectivity index (χ1n) is 10.3. The lowest BCUT2D eigenvalue weighted by Gasteiger charge is -2.36. The third-order valence-electron chi connectivity index (χ3n) is 6.28. The van der Waals surface area contributed by atoms with E-state index < -0.39 is 5.82 Å². The zero-order valence-electron chi connectivity index (χ0n) is 16.3. The smallest absolute Gasteiger partial charge is 0.226 e. The van der Waals surface area contributed by atoms with E-state index in [1.54, 1.807) is 18.5 Å². The van der Waals surface area contributed by atoms with Crippen LogP contribution in [0.2, 0.25) is 5.02 Å². The molecule has 4 aromatic rings. The highest BCUT2D eigenvalue weighted by atomic mass is 35.5. The van der Waals surface area contributed by atoms with Crippen LogP contribution in [0.1, 0.15) is 47.2 Å². The zero-order chi connectivity index (χ0) is 20.2. The molecule has 150 valence electrons. The number of nitrogens with one attached hydrogen (secondary N) is 1. The number of aromatic nitrogens is 3. The topological polar surface area (TPSA) is 44.8 Å². The van der Waals surface area contributed by atoms with Gasteiger partial charge in [-0.2, -0.15) is 0 Å². The molecular weight excluding hydrogens is 399 g/mol. The molecule has 1 N–H and O–H groups in total. The Morgan fingerprint density at radius 1 is 1.03 bits per heavy atom. The van der Waals surface area contributed by atoms with E-state index in [2.05, 4.69) is 44.1 Å². The van der Waals surface area contributed by atoms with Crippen molar-refractivity contribution in [3.63, 3.8) is 0 Å². The van der Waals surface area contributed by atoms with Crippen LogP contribution < -0.4 is 4.90 Å². The lowest BCUT2D eigenvalue weighted by atomic mass is 9.92. The number of rotatable bonds is 3. The Balaban J connectivity index is 1.52. The lowest BCUT2D eigenvalue weighted by Crippen LogP contribution is -2.37. The van der Waals surface area contributed by atoms with Crippen molar-refractivity contribution in [1.82, 2.24) is 15.0 Å². The van der Waals surface area contributed by atoms with E-state index in [1.807, 2.05) is 6.07 Å². The maximum absolute atomic E-state index is 14.1. The Bertz CT molecular complexity index is 1230. The van der Waals surface area contributed by atoms with Gasteiger partial charge < -0.3 is 9.88 Å². The second kappa shape index (κ2) is 6.81. The van der Waals surface area contributed by atoms with Gasteiger partial charge in [-0.15, -0.1) is 0 Å². The van der Waals surface area contributed by atoms with Gasteiger partial charge in [-0.25, -0.2) is 14.4 Å². The number of anilines is 1. The number of halogens is 2. The summed E-state index contributed by atoms with van der Waals surface area (Å²) in [6, 6.07) is 13.9. The van der Waals surface area contributed by atoms with Crippen LogP contribution in [0.25, 0.3) is 10.9 Å². The Morgan fingerprint density at radius 2 is 1.77 bits per heavy atom. The molecule has 30 heavy (non-hydrogen) atoms. The average molecular weight is 419 g/mol. The van der Waals surface area contributed by atoms with Crippen LogP contribution in [-0.4, -0.2) is 21.5 Å². The van der Waals surface area contributed by atoms with Gasteiger partial charge in [0.1, 0.15) is 5.82 Å². The number of fused-ring (bicyclic) bond motifs is 3. The van der Waals surface area contributed by atoms with Crippen LogP contribution >= 0.6 is 11.6 Å². The second-order valence-corrected chi connectivity index (χ2v) is 8.57. The second-order valence-electron chi connectivity index (χ2n) is 8.16. The maximum Gasteiger partial charge on any atom is 0.226 e. The van der Waals surface area contributed by atoms with Gasteiger partial charge in [-0.1, -0.05) is 35.9 Å². The van der Waals surface area contributed by atoms with Crippen molar-refractivity contribution in [2.75, 3.05) is 11.4 Å². The van der Waals surface area contributed by atoms with Gasteiger partial charge >= 0.3 is 0 Å². The van der Waals surface area contributed by atoms with E-state index in [-0.39, 0.29) is 11.1 Å². The van der Waals surface area contributed by atoms with Crippen molar-refractivity contribution in [1.29, 1.82) is 0 Å². The molecule has 1 aliphatic carbocycles. The number of hydrogen-bond donors (Lipinski definition) is 1. The fourth-order valence-corrected chi connectivity index (χ4v) is 4.82. The molecule has 0 spiro atoms. The Kier molecular flexibility index (Phi) is 4.06. The summed E-state index contributed by atoms with van der Waals surface area (Å²) in [5.41, 5.74) is 5.60. The third-order valence-corrected chi connectivity index (χ3v) is 6.57. The third kappa shape index (κ3) is 2.88. The first kappa shape index (κ1) is 17.9. The molecule has 0 radical (unpaired) electrons. The number of H-pyrrole nitrogens is 1. The highest BCUT2D eigenvalue weighted by molar-refractivity contribution is 6.31. The van der Waals surface area contributed by atoms with E-state index in [1.165, 1.54) is 35.6 Å². The molecule has 0 amide bonds. The summed E-state index contributed by atoms with van der Waals surface area (Å²) in [6.07, 6.45) is 6.92. The molecule has 4 nitrogen and oxygen atoms in total. The first-order valence-corrected chi connectivity index (χ1v) is 10.7. The highest BCUT2D eigenvalue weighted by Gasteiger charge is 2.34. The number of hydrogen-bond acceptors (Lipinski definition) is 3. The van der Waals surface area contributed by atoms with Gasteiger partial charge in [0.15, 0.2) is 0 Å². The molecule has 1 saturated carbocycles. The van der Waals surface area contributed by atoms with E-state index in [0.717, 1.165) is 29.6 Å². The van der Waals surface area contributed by atoms with Crippen molar-refractivity contribution in [3.05, 3.63) is 88.1 Å². The highest BCUT2D eigenvalue weighted by Crippen LogP contribution is 2.43. The largest absolute Gasteiger partial charge is 0.356 e. The van der Waals surface area contributed by atoms with Crippen molar-refractivity contribution >= 4 is 28.5 Å². The van der Waals surface area contributed by atoms with Crippen LogP contribution in [-0.2, 0) is 6.42 Å². The van der Waals surface area contributed by atoms with Gasteiger partial charge in [-0.3, -0.25) is 0 Å². The molecule has 6 rings (SSSR count). The van der Waals surface area contributed by atoms with Crippen LogP contribution in [0.3, 0.4) is 0 Å². The van der Waals surface area contributed by atoms with E-state index in [0.29, 0.717) is 11.9 Å². The Morgan fingerprint density at radius 3 is 2.50 bits per heavy atom. The summed E-state index contributed by atoms with van der Waals surface area (Å²) in [5, 5.41) is 1.15. The molecule has 1 fully saturated rings. The van der Waals surface area contributed by atoms with Crippen LogP contribution in [0.5, 0.6) is 0 Å². The predicted octanol–water partition coefficient (Wildman–Crippen LogP) is 5.78. The zero-order valence-corrected chi connectivity index (χ0v) is 17.0. The van der Waals surface area contributed by atoms with E-state index in [9.17, 15) is 4.39 Å². The molecule has 0 bridgehead atoms. The minimum atomic E-state index is -0.406. The number of aromatic amines is 1. The van der Waals surface area contributed by atoms with Crippen LogP contribution in [0.4, 0.5) is 10.3 Å². The van der Waals surface area contributed by atoms with Gasteiger partial charge in [-0.05, 0) is 60.1 Å². The minimum absolute atomic E-state index is 0.0707. The average Bonchev–Trinajstić information content (AvgIpc) is 3.57. The number of nitrogens with zero attached hydrogens (tertiary/aromatic N) is 3.